The van der Waals surface area contributed by atoms with Crippen LogP contribution in [0.25, 0.3) is 0 Å². The molecule has 3 rings (SSSR count). The number of hydrogen-bond donors (Lipinski definition) is 1. The van der Waals surface area contributed by atoms with Gasteiger partial charge in [-0.1, -0.05) is 13.8 Å². The molecule has 0 unspecified atom stereocenters. The Bertz CT molecular complexity index is 458. The van der Waals surface area contributed by atoms with E-state index in [9.17, 15) is 0 Å². The molecule has 2 saturated carbocycles. The molecule has 1 aromatic rings. The Kier molecular flexibility index (Phi) is 4.70. The highest BCUT2D eigenvalue weighted by Gasteiger charge is 2.34. The van der Waals surface area contributed by atoms with Crippen molar-refractivity contribution in [2.24, 2.45) is 11.8 Å². The summed E-state index contributed by atoms with van der Waals surface area (Å²) < 4.78 is 6.10. The highest BCUT2D eigenvalue weighted by Crippen LogP contribution is 2.35. The van der Waals surface area contributed by atoms with Crippen LogP contribution in [0.3, 0.4) is 0 Å². The molecule has 0 aromatic carbocycles. The Morgan fingerprint density at radius 2 is 2.05 bits per heavy atom. The van der Waals surface area contributed by atoms with Crippen LogP contribution < -0.4 is 5.32 Å². The van der Waals surface area contributed by atoms with Crippen LogP contribution in [0, 0.1) is 18.8 Å². The number of nitrogens with zero attached hydrogens (tertiary/aromatic N) is 1. The maximum absolute atomic E-state index is 6.10. The van der Waals surface area contributed by atoms with Crippen molar-refractivity contribution in [3.05, 3.63) is 23.2 Å². The third-order valence-electron chi connectivity index (χ3n) is 4.52. The highest BCUT2D eigenvalue weighted by molar-refractivity contribution is 5.20. The predicted molar refractivity (Wildman–Crippen MR) is 86.1 cm³/mol. The first-order chi connectivity index (χ1) is 10.1. The van der Waals surface area contributed by atoms with Crippen molar-refractivity contribution in [3.8, 4) is 0 Å². The number of hydrogen-bond acceptors (Lipinski definition) is 3. The fraction of sp³-hybridized carbons (Fsp3) is 0.778. The summed E-state index contributed by atoms with van der Waals surface area (Å²) in [5.41, 5.74) is 1.29. The monoisotopic (exact) mass is 290 g/mol. The van der Waals surface area contributed by atoms with Crippen LogP contribution >= 0.6 is 0 Å². The van der Waals surface area contributed by atoms with E-state index in [1.54, 1.807) is 0 Å². The first kappa shape index (κ1) is 15.1. The van der Waals surface area contributed by atoms with Crippen LogP contribution in [-0.4, -0.2) is 24.0 Å². The van der Waals surface area contributed by atoms with E-state index in [0.29, 0.717) is 5.92 Å². The first-order valence-electron chi connectivity index (χ1n) is 8.64. The van der Waals surface area contributed by atoms with Gasteiger partial charge in [0.05, 0.1) is 13.1 Å². The zero-order chi connectivity index (χ0) is 14.8. The van der Waals surface area contributed by atoms with Crippen LogP contribution in [0.5, 0.6) is 0 Å². The number of furan rings is 1. The van der Waals surface area contributed by atoms with E-state index in [1.165, 1.54) is 37.8 Å². The van der Waals surface area contributed by atoms with E-state index in [0.717, 1.165) is 43.1 Å². The van der Waals surface area contributed by atoms with Crippen molar-refractivity contribution >= 4 is 0 Å². The molecule has 0 spiro atoms. The van der Waals surface area contributed by atoms with Gasteiger partial charge in [0.2, 0.25) is 0 Å². The molecule has 2 fully saturated rings. The van der Waals surface area contributed by atoms with Crippen LogP contribution in [-0.2, 0) is 13.1 Å². The molecule has 21 heavy (non-hydrogen) atoms. The summed E-state index contributed by atoms with van der Waals surface area (Å²) >= 11 is 0. The van der Waals surface area contributed by atoms with Crippen LogP contribution in [0.15, 0.2) is 10.5 Å². The lowest BCUT2D eigenvalue weighted by Gasteiger charge is -2.20. The zero-order valence-electron chi connectivity index (χ0n) is 13.8. The second-order valence-electron chi connectivity index (χ2n) is 7.45. The molecule has 0 aliphatic heterocycles. The lowest BCUT2D eigenvalue weighted by atomic mass is 10.2. The van der Waals surface area contributed by atoms with E-state index < -0.39 is 0 Å². The van der Waals surface area contributed by atoms with Crippen LogP contribution in [0.1, 0.15) is 56.6 Å². The Hall–Kier alpha value is -0.800. The summed E-state index contributed by atoms with van der Waals surface area (Å²) in [6.45, 7) is 10.8. The van der Waals surface area contributed by atoms with Gasteiger partial charge in [0.1, 0.15) is 11.5 Å². The molecular weight excluding hydrogens is 260 g/mol. The van der Waals surface area contributed by atoms with Gasteiger partial charge in [-0.25, -0.2) is 0 Å². The Morgan fingerprint density at radius 3 is 2.67 bits per heavy atom. The van der Waals surface area contributed by atoms with E-state index in [-0.39, 0.29) is 0 Å². The van der Waals surface area contributed by atoms with Gasteiger partial charge in [-0.05, 0) is 62.6 Å². The lowest BCUT2D eigenvalue weighted by Crippen LogP contribution is -2.27. The quantitative estimate of drug-likeness (QED) is 0.751. The van der Waals surface area contributed by atoms with E-state index in [4.69, 9.17) is 4.42 Å². The maximum Gasteiger partial charge on any atom is 0.120 e. The average molecular weight is 290 g/mol. The molecule has 118 valence electrons. The normalized spacial score (nSPS) is 18.9. The van der Waals surface area contributed by atoms with Crippen molar-refractivity contribution in [1.82, 2.24) is 10.2 Å². The zero-order valence-corrected chi connectivity index (χ0v) is 13.8. The van der Waals surface area contributed by atoms with Gasteiger partial charge in [-0.2, -0.15) is 0 Å². The molecule has 3 nitrogen and oxygen atoms in total. The minimum Gasteiger partial charge on any atom is -0.463 e. The van der Waals surface area contributed by atoms with Gasteiger partial charge in [-0.3, -0.25) is 4.90 Å². The van der Waals surface area contributed by atoms with Gasteiger partial charge >= 0.3 is 0 Å². The Labute approximate surface area is 129 Å². The number of nitrogens with one attached hydrogen (secondary N) is 1. The van der Waals surface area contributed by atoms with Gasteiger partial charge in [0.25, 0.3) is 0 Å². The summed E-state index contributed by atoms with van der Waals surface area (Å²) in [5.74, 6) is 3.92. The largest absolute Gasteiger partial charge is 0.463 e. The Morgan fingerprint density at radius 1 is 1.29 bits per heavy atom. The molecule has 3 heteroatoms. The topological polar surface area (TPSA) is 28.4 Å². The molecule has 1 N–H and O–H groups in total. The molecule has 1 aromatic heterocycles. The Balaban J connectivity index is 1.54. The lowest BCUT2D eigenvalue weighted by molar-refractivity contribution is 0.222. The van der Waals surface area contributed by atoms with Crippen molar-refractivity contribution < 1.29 is 4.42 Å². The second kappa shape index (κ2) is 6.53. The molecule has 0 saturated heterocycles. The first-order valence-corrected chi connectivity index (χ1v) is 8.64. The van der Waals surface area contributed by atoms with Crippen molar-refractivity contribution in [3.63, 3.8) is 0 Å². The molecule has 2 aliphatic carbocycles. The average Bonchev–Trinajstić information content (AvgIpc) is 3.30. The minimum absolute atomic E-state index is 0.684. The minimum atomic E-state index is 0.684. The third-order valence-corrected chi connectivity index (χ3v) is 4.52. The van der Waals surface area contributed by atoms with Gasteiger partial charge < -0.3 is 9.73 Å². The van der Waals surface area contributed by atoms with E-state index in [1.807, 2.05) is 0 Å². The van der Waals surface area contributed by atoms with E-state index in [2.05, 4.69) is 37.1 Å². The maximum atomic E-state index is 6.10. The van der Waals surface area contributed by atoms with Crippen LogP contribution in [0.4, 0.5) is 0 Å². The summed E-state index contributed by atoms with van der Waals surface area (Å²) in [6, 6.07) is 3.08. The molecular formula is C18H30N2O. The smallest absolute Gasteiger partial charge is 0.120 e. The van der Waals surface area contributed by atoms with Crippen molar-refractivity contribution in [2.75, 3.05) is 13.1 Å². The van der Waals surface area contributed by atoms with E-state index >= 15 is 0 Å². The van der Waals surface area contributed by atoms with Gasteiger partial charge in [0, 0.05) is 12.6 Å². The van der Waals surface area contributed by atoms with Gasteiger partial charge in [0.15, 0.2) is 0 Å². The predicted octanol–water partition coefficient (Wildman–Crippen LogP) is 3.71. The fourth-order valence-electron chi connectivity index (χ4n) is 2.93. The number of rotatable bonds is 9. The molecule has 1 heterocycles. The summed E-state index contributed by atoms with van der Waals surface area (Å²) in [5, 5.41) is 3.48. The van der Waals surface area contributed by atoms with Crippen molar-refractivity contribution in [2.45, 2.75) is 65.6 Å². The number of aryl methyl sites for hydroxylation is 1. The molecule has 0 radical (unpaired) electrons. The summed E-state index contributed by atoms with van der Waals surface area (Å²) in [4.78, 5) is 2.65. The molecule has 0 bridgehead atoms. The summed E-state index contributed by atoms with van der Waals surface area (Å²) in [7, 11) is 0. The molecule has 0 atom stereocenters. The van der Waals surface area contributed by atoms with Gasteiger partial charge in [-0.15, -0.1) is 0 Å². The fourth-order valence-corrected chi connectivity index (χ4v) is 2.93. The van der Waals surface area contributed by atoms with Crippen LogP contribution in [0.2, 0.25) is 0 Å². The molecule has 0 amide bonds. The third kappa shape index (κ3) is 4.58. The highest BCUT2D eigenvalue weighted by atomic mass is 16.3. The second-order valence-corrected chi connectivity index (χ2v) is 7.45. The molecule has 2 aliphatic rings. The SMILES string of the molecule is Cc1cc(CN(CC2CC2)C2CC2)oc1CNCC(C)C. The summed E-state index contributed by atoms with van der Waals surface area (Å²) in [6.07, 6.45) is 5.64. The standard InChI is InChI=1S/C18H30N2O/c1-13(2)9-19-10-18-14(3)8-17(21-18)12-20(16-6-7-16)11-15-4-5-15/h8,13,15-16,19H,4-7,9-12H2,1-3H3. The van der Waals surface area contributed by atoms with Crippen molar-refractivity contribution in [1.29, 1.82) is 0 Å².